The Morgan fingerprint density at radius 3 is 2.65 bits per heavy atom. The lowest BCUT2D eigenvalue weighted by molar-refractivity contribution is -0.384. The monoisotopic (exact) mass is 299 g/mol. The number of amides is 1. The van der Waals surface area contributed by atoms with Gasteiger partial charge in [-0.3, -0.25) is 14.9 Å². The van der Waals surface area contributed by atoms with Crippen molar-refractivity contribution >= 4 is 24.0 Å². The maximum Gasteiger partial charge on any atom is 0.269 e. The molecule has 0 unspecified atom stereocenters. The number of benzene rings is 1. The van der Waals surface area contributed by atoms with Gasteiger partial charge in [0.25, 0.3) is 5.69 Å². The van der Waals surface area contributed by atoms with E-state index in [1.165, 1.54) is 12.1 Å². The number of carbonyl (C=O) groups excluding carboxylic acids is 1. The SMILES string of the molecule is Cl.O=C(NCCc1ccc([N+](=O)[O-])cc1)[C@@H]1CCCN1. The molecule has 0 saturated carbocycles. The van der Waals surface area contributed by atoms with Crippen molar-refractivity contribution in [1.82, 2.24) is 10.6 Å². The molecule has 1 aliphatic rings. The van der Waals surface area contributed by atoms with Crippen LogP contribution in [0.2, 0.25) is 0 Å². The molecule has 1 aromatic rings. The van der Waals surface area contributed by atoms with Crippen molar-refractivity contribution in [2.24, 2.45) is 0 Å². The fourth-order valence-corrected chi connectivity index (χ4v) is 2.15. The van der Waals surface area contributed by atoms with Gasteiger partial charge in [-0.15, -0.1) is 12.4 Å². The van der Waals surface area contributed by atoms with E-state index in [1.807, 2.05) is 0 Å². The van der Waals surface area contributed by atoms with Crippen LogP contribution in [0.1, 0.15) is 18.4 Å². The number of non-ortho nitro benzene ring substituents is 1. The zero-order valence-electron chi connectivity index (χ0n) is 11.0. The molecule has 1 aromatic carbocycles. The molecule has 1 aliphatic heterocycles. The lowest BCUT2D eigenvalue weighted by atomic mass is 10.1. The van der Waals surface area contributed by atoms with Crippen molar-refractivity contribution in [2.75, 3.05) is 13.1 Å². The summed E-state index contributed by atoms with van der Waals surface area (Å²) in [7, 11) is 0. The predicted octanol–water partition coefficient (Wildman–Crippen LogP) is 1.43. The molecule has 1 amide bonds. The van der Waals surface area contributed by atoms with Crippen LogP contribution in [-0.2, 0) is 11.2 Å². The van der Waals surface area contributed by atoms with Crippen molar-refractivity contribution in [2.45, 2.75) is 25.3 Å². The molecule has 0 radical (unpaired) electrons. The Kier molecular flexibility index (Phi) is 6.41. The molecule has 6 nitrogen and oxygen atoms in total. The second kappa shape index (κ2) is 7.81. The third-order valence-electron chi connectivity index (χ3n) is 3.24. The van der Waals surface area contributed by atoms with Gasteiger partial charge in [0.2, 0.25) is 5.91 Å². The first kappa shape index (κ1) is 16.4. The number of rotatable bonds is 5. The van der Waals surface area contributed by atoms with Crippen LogP contribution in [0.4, 0.5) is 5.69 Å². The molecule has 1 heterocycles. The molecule has 2 rings (SSSR count). The van der Waals surface area contributed by atoms with E-state index in [0.717, 1.165) is 24.9 Å². The van der Waals surface area contributed by atoms with Crippen LogP contribution in [0.25, 0.3) is 0 Å². The Morgan fingerprint density at radius 1 is 1.40 bits per heavy atom. The average Bonchev–Trinajstić information content (AvgIpc) is 2.93. The minimum atomic E-state index is -0.419. The van der Waals surface area contributed by atoms with Crippen LogP contribution in [0.15, 0.2) is 24.3 Å². The third-order valence-corrected chi connectivity index (χ3v) is 3.24. The molecule has 20 heavy (non-hydrogen) atoms. The molecule has 0 bridgehead atoms. The van der Waals surface area contributed by atoms with Crippen LogP contribution < -0.4 is 10.6 Å². The lowest BCUT2D eigenvalue weighted by Gasteiger charge is -2.10. The van der Waals surface area contributed by atoms with Gasteiger partial charge in [-0.1, -0.05) is 12.1 Å². The number of nitro benzene ring substituents is 1. The summed E-state index contributed by atoms with van der Waals surface area (Å²) in [5.74, 6) is 0.0411. The largest absolute Gasteiger partial charge is 0.354 e. The van der Waals surface area contributed by atoms with Crippen molar-refractivity contribution in [3.05, 3.63) is 39.9 Å². The Hall–Kier alpha value is -1.66. The molecular weight excluding hydrogens is 282 g/mol. The van der Waals surface area contributed by atoms with Crippen molar-refractivity contribution in [1.29, 1.82) is 0 Å². The van der Waals surface area contributed by atoms with Crippen molar-refractivity contribution < 1.29 is 9.72 Å². The maximum absolute atomic E-state index is 11.7. The lowest BCUT2D eigenvalue weighted by Crippen LogP contribution is -2.41. The highest BCUT2D eigenvalue weighted by Gasteiger charge is 2.21. The highest BCUT2D eigenvalue weighted by molar-refractivity contribution is 5.85. The zero-order valence-corrected chi connectivity index (χ0v) is 11.8. The summed E-state index contributed by atoms with van der Waals surface area (Å²) in [5, 5.41) is 16.5. The van der Waals surface area contributed by atoms with Gasteiger partial charge in [0.05, 0.1) is 11.0 Å². The summed E-state index contributed by atoms with van der Waals surface area (Å²) in [4.78, 5) is 21.8. The van der Waals surface area contributed by atoms with E-state index in [2.05, 4.69) is 10.6 Å². The number of carbonyl (C=O) groups is 1. The smallest absolute Gasteiger partial charge is 0.269 e. The van der Waals surface area contributed by atoms with E-state index in [1.54, 1.807) is 12.1 Å². The first-order valence-corrected chi connectivity index (χ1v) is 6.41. The molecule has 0 aliphatic carbocycles. The van der Waals surface area contributed by atoms with E-state index in [9.17, 15) is 14.9 Å². The van der Waals surface area contributed by atoms with Gasteiger partial charge in [0.1, 0.15) is 0 Å². The number of nitro groups is 1. The predicted molar refractivity (Wildman–Crippen MR) is 78.1 cm³/mol. The van der Waals surface area contributed by atoms with Crippen molar-refractivity contribution in [3.63, 3.8) is 0 Å². The standard InChI is InChI=1S/C13H17N3O3.ClH/c17-13(12-2-1-8-14-12)15-9-7-10-3-5-11(6-4-10)16(18)19;/h3-6,12,14H,1-2,7-9H2,(H,15,17);1H/t12-;/m0./s1. The molecule has 0 spiro atoms. The number of hydrogen-bond acceptors (Lipinski definition) is 4. The molecule has 0 aromatic heterocycles. The summed E-state index contributed by atoms with van der Waals surface area (Å²) in [5.41, 5.74) is 1.06. The molecular formula is C13H18ClN3O3. The summed E-state index contributed by atoms with van der Waals surface area (Å²) >= 11 is 0. The van der Waals surface area contributed by atoms with E-state index >= 15 is 0 Å². The van der Waals surface area contributed by atoms with Gasteiger partial charge < -0.3 is 10.6 Å². The average molecular weight is 300 g/mol. The normalized spacial score (nSPS) is 17.3. The van der Waals surface area contributed by atoms with E-state index in [0.29, 0.717) is 13.0 Å². The van der Waals surface area contributed by atoms with Crippen LogP contribution in [0, 0.1) is 10.1 Å². The minimum Gasteiger partial charge on any atom is -0.354 e. The fourth-order valence-electron chi connectivity index (χ4n) is 2.15. The number of nitrogens with zero attached hydrogens (tertiary/aromatic N) is 1. The summed E-state index contributed by atoms with van der Waals surface area (Å²) in [6.45, 7) is 1.45. The van der Waals surface area contributed by atoms with Gasteiger partial charge in [-0.25, -0.2) is 0 Å². The zero-order chi connectivity index (χ0) is 13.7. The molecule has 1 atom stereocenters. The van der Waals surface area contributed by atoms with Crippen molar-refractivity contribution in [3.8, 4) is 0 Å². The molecule has 1 fully saturated rings. The van der Waals surface area contributed by atoms with Gasteiger partial charge in [0.15, 0.2) is 0 Å². The summed E-state index contributed by atoms with van der Waals surface area (Å²) < 4.78 is 0. The Labute approximate surface area is 123 Å². The second-order valence-electron chi connectivity index (χ2n) is 4.61. The van der Waals surface area contributed by atoms with Gasteiger partial charge >= 0.3 is 0 Å². The van der Waals surface area contributed by atoms with Gasteiger partial charge in [-0.2, -0.15) is 0 Å². The highest BCUT2D eigenvalue weighted by Crippen LogP contribution is 2.12. The topological polar surface area (TPSA) is 84.3 Å². The van der Waals surface area contributed by atoms with Gasteiger partial charge in [0, 0.05) is 18.7 Å². The Bertz CT molecular complexity index is 458. The number of halogens is 1. The quantitative estimate of drug-likeness (QED) is 0.636. The Morgan fingerprint density at radius 2 is 2.10 bits per heavy atom. The fraction of sp³-hybridized carbons (Fsp3) is 0.462. The van der Waals surface area contributed by atoms with E-state index in [4.69, 9.17) is 0 Å². The van der Waals surface area contributed by atoms with Crippen LogP contribution in [0.3, 0.4) is 0 Å². The molecule has 2 N–H and O–H groups in total. The van der Waals surface area contributed by atoms with Crippen LogP contribution >= 0.6 is 12.4 Å². The molecule has 7 heteroatoms. The first-order chi connectivity index (χ1) is 9.16. The maximum atomic E-state index is 11.7. The van der Waals surface area contributed by atoms with E-state index < -0.39 is 4.92 Å². The summed E-state index contributed by atoms with van der Waals surface area (Å²) in [6.07, 6.45) is 2.61. The first-order valence-electron chi connectivity index (χ1n) is 6.41. The third kappa shape index (κ3) is 4.47. The summed E-state index contributed by atoms with van der Waals surface area (Å²) in [6, 6.07) is 6.35. The highest BCUT2D eigenvalue weighted by atomic mass is 35.5. The van der Waals surface area contributed by atoms with Crippen LogP contribution in [-0.4, -0.2) is 30.0 Å². The minimum absolute atomic E-state index is 0. The number of hydrogen-bond donors (Lipinski definition) is 2. The molecule has 110 valence electrons. The number of nitrogens with one attached hydrogen (secondary N) is 2. The second-order valence-corrected chi connectivity index (χ2v) is 4.61. The van der Waals surface area contributed by atoms with Crippen LogP contribution in [0.5, 0.6) is 0 Å². The van der Waals surface area contributed by atoms with E-state index in [-0.39, 0.29) is 30.0 Å². The molecule has 1 saturated heterocycles. The van der Waals surface area contributed by atoms with Gasteiger partial charge in [-0.05, 0) is 31.4 Å². The Balaban J connectivity index is 0.00000200.